The summed E-state index contributed by atoms with van der Waals surface area (Å²) in [5, 5.41) is 17.5. The molecule has 37 heavy (non-hydrogen) atoms. The first-order valence-corrected chi connectivity index (χ1v) is 12.9. The number of hydrogen-bond acceptors (Lipinski definition) is 7. The van der Waals surface area contributed by atoms with Gasteiger partial charge in [-0.15, -0.1) is 0 Å². The first-order valence-electron chi connectivity index (χ1n) is 12.1. The van der Waals surface area contributed by atoms with Crippen molar-refractivity contribution < 1.29 is 15.3 Å². The molecule has 0 amide bonds. The molecule has 2 aliphatic heterocycles. The molecular formula is C27H31Cl2N6O2+. The number of nitrogen functional groups attached to an aromatic ring is 1. The van der Waals surface area contributed by atoms with Crippen LogP contribution in [0.4, 0.5) is 11.5 Å². The molecule has 0 spiro atoms. The predicted octanol–water partition coefficient (Wildman–Crippen LogP) is 2.75. The number of β-amino-alcohol motifs (C(OH)–C–C–N with tert-alkyl or cyclic N) is 1. The number of ether oxygens (including phenoxy) is 1. The van der Waals surface area contributed by atoms with Gasteiger partial charge in [0, 0.05) is 56.0 Å². The van der Waals surface area contributed by atoms with Gasteiger partial charge in [0.1, 0.15) is 17.7 Å². The maximum Gasteiger partial charge on any atom is 0.215 e. The third-order valence-electron chi connectivity index (χ3n) is 7.20. The topological polar surface area (TPSA) is 113 Å². The molecule has 3 aromatic rings. The van der Waals surface area contributed by atoms with E-state index in [0.29, 0.717) is 51.4 Å². The van der Waals surface area contributed by atoms with E-state index in [4.69, 9.17) is 39.1 Å². The lowest BCUT2D eigenvalue weighted by atomic mass is 9.82. The zero-order valence-electron chi connectivity index (χ0n) is 21.1. The molecule has 2 fully saturated rings. The van der Waals surface area contributed by atoms with Crippen LogP contribution >= 0.6 is 23.2 Å². The molecule has 5 N–H and O–H groups in total. The molecule has 194 valence electrons. The van der Waals surface area contributed by atoms with Crippen LogP contribution < -0.4 is 20.8 Å². The van der Waals surface area contributed by atoms with Gasteiger partial charge in [-0.2, -0.15) is 0 Å². The third kappa shape index (κ3) is 4.99. The van der Waals surface area contributed by atoms with Crippen LogP contribution in [0.5, 0.6) is 5.75 Å². The fourth-order valence-electron chi connectivity index (χ4n) is 5.10. The second kappa shape index (κ2) is 9.44. The molecule has 0 bridgehead atoms. The van der Waals surface area contributed by atoms with Crippen LogP contribution in [0, 0.1) is 0 Å². The molecule has 10 heteroatoms. The Kier molecular flexibility index (Phi) is 6.56. The Morgan fingerprint density at radius 2 is 1.76 bits per heavy atom. The average Bonchev–Trinajstić information content (AvgIpc) is 2.81. The fourth-order valence-corrected chi connectivity index (χ4v) is 5.77. The summed E-state index contributed by atoms with van der Waals surface area (Å²) >= 11 is 12.6. The minimum absolute atomic E-state index is 0.0600. The molecule has 5 rings (SSSR count). The van der Waals surface area contributed by atoms with E-state index in [1.807, 2.05) is 26.0 Å². The van der Waals surface area contributed by atoms with Gasteiger partial charge in [0.05, 0.1) is 32.3 Å². The maximum absolute atomic E-state index is 10.1. The highest BCUT2D eigenvalue weighted by Crippen LogP contribution is 2.37. The second-order valence-electron chi connectivity index (χ2n) is 10.6. The SMILES string of the molecule is C[C@@H](Oc1ccc(N)c(C(=[NH2+])c2ccc(N3CC(C)(N4CC(C)(O)C4)C3)nc2)c1)c1c(Cl)cncc1Cl. The van der Waals surface area contributed by atoms with E-state index in [0.717, 1.165) is 24.5 Å². The van der Waals surface area contributed by atoms with Gasteiger partial charge >= 0.3 is 0 Å². The zero-order valence-corrected chi connectivity index (χ0v) is 22.6. The largest absolute Gasteiger partial charge is 0.486 e. The molecule has 8 nitrogen and oxygen atoms in total. The normalized spacial score (nSPS) is 19.0. The first-order chi connectivity index (χ1) is 17.5. The van der Waals surface area contributed by atoms with Crippen LogP contribution in [0.2, 0.25) is 10.0 Å². The Hall–Kier alpha value is -2.91. The van der Waals surface area contributed by atoms with Gasteiger partial charge in [-0.3, -0.25) is 15.3 Å². The number of aliphatic hydroxyl groups is 1. The van der Waals surface area contributed by atoms with Crippen molar-refractivity contribution in [2.75, 3.05) is 36.8 Å². The van der Waals surface area contributed by atoms with Crippen molar-refractivity contribution in [3.63, 3.8) is 0 Å². The number of anilines is 2. The molecule has 2 saturated heterocycles. The highest BCUT2D eigenvalue weighted by molar-refractivity contribution is 6.35. The Bertz CT molecular complexity index is 1310. The van der Waals surface area contributed by atoms with Gasteiger partial charge in [0.25, 0.3) is 0 Å². The third-order valence-corrected chi connectivity index (χ3v) is 7.80. The number of pyridine rings is 2. The monoisotopic (exact) mass is 541 g/mol. The van der Waals surface area contributed by atoms with E-state index in [9.17, 15) is 5.11 Å². The van der Waals surface area contributed by atoms with E-state index in [1.54, 1.807) is 24.4 Å². The lowest BCUT2D eigenvalue weighted by Crippen LogP contribution is -2.77. The summed E-state index contributed by atoms with van der Waals surface area (Å²) in [4.78, 5) is 13.2. The van der Waals surface area contributed by atoms with Crippen molar-refractivity contribution in [3.05, 3.63) is 75.7 Å². The quantitative estimate of drug-likeness (QED) is 0.311. The van der Waals surface area contributed by atoms with Gasteiger partial charge in [0.15, 0.2) is 0 Å². The zero-order chi connectivity index (χ0) is 26.5. The summed E-state index contributed by atoms with van der Waals surface area (Å²) in [7, 11) is 0. The number of aromatic nitrogens is 2. The average molecular weight is 542 g/mol. The maximum atomic E-state index is 10.1. The van der Waals surface area contributed by atoms with Crippen LogP contribution in [-0.2, 0) is 0 Å². The summed E-state index contributed by atoms with van der Waals surface area (Å²) in [5.41, 5.74) is 8.88. The number of rotatable bonds is 7. The number of halogens is 2. The Labute approximate surface area is 226 Å². The van der Waals surface area contributed by atoms with Crippen molar-refractivity contribution in [2.24, 2.45) is 0 Å². The highest BCUT2D eigenvalue weighted by Gasteiger charge is 2.51. The number of nitrogens with two attached hydrogens (primary N) is 2. The lowest BCUT2D eigenvalue weighted by Gasteiger charge is -2.61. The summed E-state index contributed by atoms with van der Waals surface area (Å²) in [6, 6.07) is 9.27. The van der Waals surface area contributed by atoms with Crippen LogP contribution in [0.3, 0.4) is 0 Å². The Morgan fingerprint density at radius 3 is 2.35 bits per heavy atom. The van der Waals surface area contributed by atoms with Crippen molar-refractivity contribution in [1.29, 1.82) is 0 Å². The molecular weight excluding hydrogens is 511 g/mol. The van der Waals surface area contributed by atoms with E-state index in [1.165, 1.54) is 12.4 Å². The summed E-state index contributed by atoms with van der Waals surface area (Å²) in [6.45, 7) is 9.13. The van der Waals surface area contributed by atoms with Gasteiger partial charge in [0.2, 0.25) is 5.71 Å². The molecule has 1 aromatic carbocycles. The molecule has 0 saturated carbocycles. The van der Waals surface area contributed by atoms with E-state index < -0.39 is 11.7 Å². The van der Waals surface area contributed by atoms with E-state index in [-0.39, 0.29) is 5.54 Å². The van der Waals surface area contributed by atoms with Crippen molar-refractivity contribution in [1.82, 2.24) is 14.9 Å². The minimum atomic E-state index is -0.571. The molecule has 4 heterocycles. The molecule has 0 radical (unpaired) electrons. The lowest BCUT2D eigenvalue weighted by molar-refractivity contribution is -0.134. The van der Waals surface area contributed by atoms with Gasteiger partial charge in [-0.1, -0.05) is 23.2 Å². The molecule has 0 aliphatic carbocycles. The van der Waals surface area contributed by atoms with E-state index in [2.05, 4.69) is 26.7 Å². The van der Waals surface area contributed by atoms with Gasteiger partial charge in [-0.05, 0) is 51.1 Å². The Morgan fingerprint density at radius 1 is 1.08 bits per heavy atom. The smallest absolute Gasteiger partial charge is 0.215 e. The molecule has 2 aromatic heterocycles. The summed E-state index contributed by atoms with van der Waals surface area (Å²) in [5.74, 6) is 1.48. The minimum Gasteiger partial charge on any atom is -0.486 e. The van der Waals surface area contributed by atoms with Gasteiger partial charge < -0.3 is 20.5 Å². The molecule has 0 unspecified atom stereocenters. The van der Waals surface area contributed by atoms with Crippen LogP contribution in [0.1, 0.15) is 43.6 Å². The van der Waals surface area contributed by atoms with Crippen LogP contribution in [0.25, 0.3) is 0 Å². The highest BCUT2D eigenvalue weighted by atomic mass is 35.5. The van der Waals surface area contributed by atoms with Crippen molar-refractivity contribution in [2.45, 2.75) is 38.0 Å². The van der Waals surface area contributed by atoms with Crippen LogP contribution in [-0.4, -0.2) is 63.0 Å². The summed E-state index contributed by atoms with van der Waals surface area (Å²) in [6.07, 6.45) is 4.43. The van der Waals surface area contributed by atoms with Crippen LogP contribution in [0.15, 0.2) is 48.9 Å². The summed E-state index contributed by atoms with van der Waals surface area (Å²) < 4.78 is 6.12. The number of nitrogens with zero attached hydrogens (tertiary/aromatic N) is 4. The Balaban J connectivity index is 1.26. The number of hydrogen-bond donors (Lipinski definition) is 3. The standard InChI is InChI=1S/C27H30Cl2N6O2/c1-16(24-20(28)10-32-11-21(24)29)37-18-5-6-22(30)19(8-18)25(31)17-4-7-23(33-9-17)34-12-26(2,13-34)35-14-27(3,36)15-35/h4-11,16,31,36H,12-15,30H2,1-3H3/p+1/t16-/m1/s1. The first kappa shape index (κ1) is 25.7. The number of likely N-dealkylation sites (tertiary alicyclic amines) is 1. The molecule has 1 atom stereocenters. The van der Waals surface area contributed by atoms with E-state index >= 15 is 0 Å². The fraction of sp³-hybridized carbons (Fsp3) is 0.370. The number of benzene rings is 1. The molecule has 2 aliphatic rings. The second-order valence-corrected chi connectivity index (χ2v) is 11.4. The van der Waals surface area contributed by atoms with Crippen molar-refractivity contribution in [3.8, 4) is 5.75 Å². The predicted molar refractivity (Wildman–Crippen MR) is 146 cm³/mol. The van der Waals surface area contributed by atoms with Gasteiger partial charge in [-0.25, -0.2) is 4.98 Å². The van der Waals surface area contributed by atoms with Crippen molar-refractivity contribution >= 4 is 40.4 Å².